The Morgan fingerprint density at radius 2 is 1.83 bits per heavy atom. The van der Waals surface area contributed by atoms with Gasteiger partial charge in [0.1, 0.15) is 11.6 Å². The van der Waals surface area contributed by atoms with Crippen LogP contribution < -0.4 is 16.0 Å². The zero-order valence-corrected chi connectivity index (χ0v) is 26.3. The molecule has 228 valence electrons. The molecule has 2 amide bonds. The van der Waals surface area contributed by atoms with Crippen molar-refractivity contribution in [3.05, 3.63) is 57.2 Å². The standard InChI is InChI=1S/C19H18Cl2F2N2O.C8H15NO.C5H12/c1-3-13(19(25-10-26)7-16(20)11(2)22)15-9-24-8-14(15)12-4-5-18(23)17(21)6-12;10-7-9-6-5-8-3-1-2-4-8;1-5(2,3)4/h1,4-7,10,13-15,24H,8-9H2,2H3,(H,25,26);7-8H,1-6H2,(H,9,10);1-4H3/b16-11-,19-7+;;/t13?,14-,15?;;/m1../s1. The molecule has 5 nitrogen and oxygen atoms in total. The third-order valence-corrected chi connectivity index (χ3v) is 7.33. The van der Waals surface area contributed by atoms with Gasteiger partial charge in [-0.15, -0.1) is 6.42 Å². The molecule has 0 spiro atoms. The van der Waals surface area contributed by atoms with Crippen molar-refractivity contribution in [2.24, 2.45) is 23.2 Å². The van der Waals surface area contributed by atoms with Crippen LogP contribution in [0.1, 0.15) is 78.2 Å². The Bertz CT molecular complexity index is 1060. The average Bonchev–Trinajstić information content (AvgIpc) is 3.59. The summed E-state index contributed by atoms with van der Waals surface area (Å²) in [5.74, 6) is 1.77. The molecule has 3 atom stereocenters. The van der Waals surface area contributed by atoms with E-state index >= 15 is 0 Å². The van der Waals surface area contributed by atoms with Gasteiger partial charge in [-0.05, 0) is 54.4 Å². The summed E-state index contributed by atoms with van der Waals surface area (Å²) in [4.78, 5) is 20.9. The number of benzene rings is 1. The predicted octanol–water partition coefficient (Wildman–Crippen LogP) is 7.47. The number of hydrogen-bond acceptors (Lipinski definition) is 3. The molecule has 1 saturated heterocycles. The first-order valence-corrected chi connectivity index (χ1v) is 14.8. The highest BCUT2D eigenvalue weighted by Gasteiger charge is 2.36. The quantitative estimate of drug-likeness (QED) is 0.111. The third-order valence-electron chi connectivity index (χ3n) is 6.67. The summed E-state index contributed by atoms with van der Waals surface area (Å²) in [6, 6.07) is 4.54. The van der Waals surface area contributed by atoms with Crippen molar-refractivity contribution in [3.63, 3.8) is 0 Å². The Morgan fingerprint density at radius 3 is 2.34 bits per heavy atom. The number of terminal acetylenes is 1. The van der Waals surface area contributed by atoms with E-state index in [0.29, 0.717) is 30.6 Å². The van der Waals surface area contributed by atoms with Crippen molar-refractivity contribution < 1.29 is 18.4 Å². The van der Waals surface area contributed by atoms with Gasteiger partial charge in [0.25, 0.3) is 0 Å². The van der Waals surface area contributed by atoms with Crippen LogP contribution in [-0.4, -0.2) is 32.5 Å². The molecular weight excluding hydrogens is 567 g/mol. The highest BCUT2D eigenvalue weighted by molar-refractivity contribution is 6.31. The van der Waals surface area contributed by atoms with Gasteiger partial charge in [0.05, 0.1) is 16.0 Å². The molecule has 1 aliphatic heterocycles. The number of halogens is 4. The van der Waals surface area contributed by atoms with Crippen LogP contribution in [0.3, 0.4) is 0 Å². The second kappa shape index (κ2) is 18.9. The third kappa shape index (κ3) is 14.4. The van der Waals surface area contributed by atoms with E-state index in [-0.39, 0.29) is 21.9 Å². The second-order valence-electron chi connectivity index (χ2n) is 12.0. The van der Waals surface area contributed by atoms with Crippen LogP contribution in [-0.2, 0) is 9.59 Å². The lowest BCUT2D eigenvalue weighted by molar-refractivity contribution is -0.110. The largest absolute Gasteiger partial charge is 0.359 e. The molecule has 1 heterocycles. The Morgan fingerprint density at radius 1 is 1.20 bits per heavy atom. The van der Waals surface area contributed by atoms with Crippen LogP contribution in [0.15, 0.2) is 40.8 Å². The molecule has 0 aromatic heterocycles. The summed E-state index contributed by atoms with van der Waals surface area (Å²) in [7, 11) is 0. The van der Waals surface area contributed by atoms with Gasteiger partial charge in [0, 0.05) is 31.2 Å². The lowest BCUT2D eigenvalue weighted by Crippen LogP contribution is -2.28. The summed E-state index contributed by atoms with van der Waals surface area (Å²) in [6.45, 7) is 12.0. The molecule has 3 rings (SSSR count). The minimum Gasteiger partial charge on any atom is -0.359 e. The fraction of sp³-hybridized carbons (Fsp3) is 0.562. The van der Waals surface area contributed by atoms with Crippen molar-refractivity contribution in [1.82, 2.24) is 16.0 Å². The lowest BCUT2D eigenvalue weighted by atomic mass is 9.79. The molecule has 1 saturated carbocycles. The van der Waals surface area contributed by atoms with Gasteiger partial charge in [-0.3, -0.25) is 9.59 Å². The van der Waals surface area contributed by atoms with Crippen LogP contribution in [0, 0.1) is 41.3 Å². The van der Waals surface area contributed by atoms with Gasteiger partial charge in [-0.2, -0.15) is 0 Å². The van der Waals surface area contributed by atoms with Crippen LogP contribution in [0.25, 0.3) is 0 Å². The Balaban J connectivity index is 0.000000458. The van der Waals surface area contributed by atoms with E-state index < -0.39 is 17.6 Å². The Labute approximate surface area is 254 Å². The number of amides is 2. The Kier molecular flexibility index (Phi) is 16.9. The molecule has 3 N–H and O–H groups in total. The van der Waals surface area contributed by atoms with E-state index in [9.17, 15) is 18.4 Å². The molecule has 1 aliphatic carbocycles. The monoisotopic (exact) mass is 611 g/mol. The highest BCUT2D eigenvalue weighted by Crippen LogP contribution is 2.37. The number of rotatable bonds is 10. The van der Waals surface area contributed by atoms with Crippen molar-refractivity contribution in [1.29, 1.82) is 0 Å². The predicted molar refractivity (Wildman–Crippen MR) is 166 cm³/mol. The SMILES string of the molecule is C#CC(/C(=C\C(Cl)=C(/C)F)NC=O)C1CNC[C@@H]1c1ccc(F)c(Cl)c1.CC(C)(C)C.O=CNCCC1CCCC1. The number of carbonyl (C=O) groups excluding carboxylic acids is 2. The van der Waals surface area contributed by atoms with Gasteiger partial charge < -0.3 is 16.0 Å². The maximum atomic E-state index is 13.5. The van der Waals surface area contributed by atoms with Crippen LogP contribution in [0.4, 0.5) is 8.78 Å². The van der Waals surface area contributed by atoms with Crippen LogP contribution >= 0.6 is 23.2 Å². The van der Waals surface area contributed by atoms with E-state index in [0.717, 1.165) is 24.4 Å². The molecule has 0 bridgehead atoms. The fourth-order valence-electron chi connectivity index (χ4n) is 4.77. The van der Waals surface area contributed by atoms with Gasteiger partial charge in [0.15, 0.2) is 0 Å². The van der Waals surface area contributed by atoms with Crippen molar-refractivity contribution in [3.8, 4) is 12.3 Å². The van der Waals surface area contributed by atoms with E-state index in [2.05, 4.69) is 49.6 Å². The zero-order chi connectivity index (χ0) is 31.0. The molecule has 1 aromatic rings. The summed E-state index contributed by atoms with van der Waals surface area (Å²) < 4.78 is 26.8. The summed E-state index contributed by atoms with van der Waals surface area (Å²) in [5, 5.41) is 8.37. The minimum atomic E-state index is -0.584. The van der Waals surface area contributed by atoms with E-state index in [1.165, 1.54) is 51.2 Å². The molecule has 2 aliphatic rings. The minimum absolute atomic E-state index is 0.0335. The molecule has 9 heteroatoms. The summed E-state index contributed by atoms with van der Waals surface area (Å²) in [5.41, 5.74) is 1.66. The first-order valence-electron chi connectivity index (χ1n) is 14.0. The number of hydrogen-bond donors (Lipinski definition) is 3. The lowest BCUT2D eigenvalue weighted by Gasteiger charge is -2.26. The topological polar surface area (TPSA) is 70.2 Å². The van der Waals surface area contributed by atoms with Gasteiger partial charge >= 0.3 is 0 Å². The first-order chi connectivity index (χ1) is 19.3. The summed E-state index contributed by atoms with van der Waals surface area (Å²) in [6.07, 6.45) is 15.0. The smallest absolute Gasteiger partial charge is 0.211 e. The molecule has 1 aromatic carbocycles. The van der Waals surface area contributed by atoms with Crippen molar-refractivity contribution in [2.75, 3.05) is 19.6 Å². The average molecular weight is 613 g/mol. The van der Waals surface area contributed by atoms with Crippen molar-refractivity contribution in [2.45, 2.75) is 72.6 Å². The zero-order valence-electron chi connectivity index (χ0n) is 24.8. The number of allylic oxidation sites excluding steroid dienone is 4. The normalized spacial score (nSPS) is 20.3. The fourth-order valence-corrected chi connectivity index (χ4v) is 5.08. The van der Waals surface area contributed by atoms with Gasteiger partial charge in [0.2, 0.25) is 12.8 Å². The second-order valence-corrected chi connectivity index (χ2v) is 12.8. The Hall–Kier alpha value is -2.40. The van der Waals surface area contributed by atoms with Gasteiger partial charge in [-0.25, -0.2) is 8.78 Å². The van der Waals surface area contributed by atoms with Gasteiger partial charge in [-0.1, -0.05) is 88.6 Å². The number of carbonyl (C=O) groups is 2. The maximum absolute atomic E-state index is 13.5. The van der Waals surface area contributed by atoms with E-state index in [1.807, 2.05) is 0 Å². The molecule has 41 heavy (non-hydrogen) atoms. The molecule has 2 unspecified atom stereocenters. The number of nitrogens with one attached hydrogen (secondary N) is 3. The first kappa shape index (κ1) is 36.6. The molecule has 2 fully saturated rings. The highest BCUT2D eigenvalue weighted by atomic mass is 35.5. The molecular formula is C32H45Cl2F2N3O2. The van der Waals surface area contributed by atoms with Crippen molar-refractivity contribution >= 4 is 36.0 Å². The maximum Gasteiger partial charge on any atom is 0.211 e. The van der Waals surface area contributed by atoms with E-state index in [4.69, 9.17) is 29.6 Å². The van der Waals surface area contributed by atoms with E-state index in [1.54, 1.807) is 12.1 Å². The molecule has 0 radical (unpaired) electrons. The van der Waals surface area contributed by atoms with Crippen LogP contribution in [0.2, 0.25) is 5.02 Å². The van der Waals surface area contributed by atoms with Crippen LogP contribution in [0.5, 0.6) is 0 Å². The summed E-state index contributed by atoms with van der Waals surface area (Å²) >= 11 is 11.8.